The van der Waals surface area contributed by atoms with Crippen molar-refractivity contribution in [3.05, 3.63) is 23.3 Å². The molecule has 3 heteroatoms. The lowest BCUT2D eigenvalue weighted by molar-refractivity contribution is 0.411. The van der Waals surface area contributed by atoms with Crippen LogP contribution in [-0.4, -0.2) is 12.6 Å². The van der Waals surface area contributed by atoms with Gasteiger partial charge in [0, 0.05) is 5.69 Å². The van der Waals surface area contributed by atoms with Crippen LogP contribution in [-0.2, 0) is 0 Å². The number of benzene rings is 1. The Morgan fingerprint density at radius 2 is 2.00 bits per heavy atom. The third-order valence-corrected chi connectivity index (χ3v) is 2.28. The van der Waals surface area contributed by atoms with Crippen LogP contribution in [0.1, 0.15) is 11.1 Å². The Morgan fingerprint density at radius 3 is 2.54 bits per heavy atom. The van der Waals surface area contributed by atoms with Crippen molar-refractivity contribution in [1.82, 2.24) is 0 Å². The molecule has 2 nitrogen and oxygen atoms in total. The van der Waals surface area contributed by atoms with Crippen molar-refractivity contribution in [3.63, 3.8) is 0 Å². The molecule has 1 aromatic carbocycles. The van der Waals surface area contributed by atoms with E-state index in [1.54, 1.807) is 7.11 Å². The first-order chi connectivity index (χ1) is 6.19. The van der Waals surface area contributed by atoms with E-state index in [4.69, 9.17) is 4.74 Å². The highest BCUT2D eigenvalue weighted by Gasteiger charge is 2.03. The quantitative estimate of drug-likeness (QED) is 0.651. The lowest BCUT2D eigenvalue weighted by atomic mass is 10.1. The molecule has 0 atom stereocenters. The van der Waals surface area contributed by atoms with Crippen molar-refractivity contribution in [3.8, 4) is 5.75 Å². The molecule has 1 rings (SSSR count). The minimum atomic E-state index is 0.764. The summed E-state index contributed by atoms with van der Waals surface area (Å²) in [5, 5.41) is 3.23. The summed E-state index contributed by atoms with van der Waals surface area (Å²) in [6.07, 6.45) is 0. The average Bonchev–Trinajstić information content (AvgIpc) is 2.11. The number of ether oxygens (including phenoxy) is 1. The lowest BCUT2D eigenvalue weighted by Gasteiger charge is -2.11. The van der Waals surface area contributed by atoms with Crippen molar-refractivity contribution in [2.45, 2.75) is 13.8 Å². The second kappa shape index (κ2) is 4.51. The molecule has 0 aliphatic carbocycles. The van der Waals surface area contributed by atoms with Crippen LogP contribution in [0.15, 0.2) is 12.1 Å². The number of hydrogen-bond donors (Lipinski definition) is 1. The second-order valence-corrected chi connectivity index (χ2v) is 3.51. The van der Waals surface area contributed by atoms with Gasteiger partial charge in [0.2, 0.25) is 0 Å². The van der Waals surface area contributed by atoms with Crippen molar-refractivity contribution >= 4 is 21.6 Å². The number of nitrogens with one attached hydrogen (secondary N) is 1. The zero-order chi connectivity index (χ0) is 9.84. The number of rotatable bonds is 3. The van der Waals surface area contributed by atoms with E-state index in [9.17, 15) is 0 Å². The topological polar surface area (TPSA) is 21.3 Å². The predicted octanol–water partition coefficient (Wildman–Crippen LogP) is 3.08. The smallest absolute Gasteiger partial charge is 0.122 e. The van der Waals surface area contributed by atoms with Gasteiger partial charge in [-0.3, -0.25) is 0 Å². The number of alkyl halides is 1. The van der Waals surface area contributed by atoms with Crippen LogP contribution in [0.5, 0.6) is 5.75 Å². The fourth-order valence-corrected chi connectivity index (χ4v) is 1.57. The Morgan fingerprint density at radius 1 is 1.31 bits per heavy atom. The standard InChI is InChI=1S/C10H14BrNO/c1-7-5-10(13-3)8(2)4-9(7)12-6-11/h4-5,12H,6H2,1-3H3. The average molecular weight is 244 g/mol. The molecule has 0 amide bonds. The Kier molecular flexibility index (Phi) is 3.60. The van der Waals surface area contributed by atoms with Gasteiger partial charge in [-0.1, -0.05) is 15.9 Å². The van der Waals surface area contributed by atoms with Gasteiger partial charge in [-0.05, 0) is 37.1 Å². The monoisotopic (exact) mass is 243 g/mol. The maximum absolute atomic E-state index is 5.22. The van der Waals surface area contributed by atoms with Gasteiger partial charge in [0.15, 0.2) is 0 Å². The van der Waals surface area contributed by atoms with Crippen LogP contribution >= 0.6 is 15.9 Å². The third kappa shape index (κ3) is 2.37. The highest BCUT2D eigenvalue weighted by molar-refractivity contribution is 9.09. The summed E-state index contributed by atoms with van der Waals surface area (Å²) >= 11 is 3.34. The van der Waals surface area contributed by atoms with Crippen molar-refractivity contribution in [1.29, 1.82) is 0 Å². The summed E-state index contributed by atoms with van der Waals surface area (Å²) < 4.78 is 5.22. The molecule has 0 unspecified atom stereocenters. The van der Waals surface area contributed by atoms with Gasteiger partial charge in [0.25, 0.3) is 0 Å². The van der Waals surface area contributed by atoms with Crippen LogP contribution in [0.3, 0.4) is 0 Å². The highest BCUT2D eigenvalue weighted by Crippen LogP contribution is 2.25. The Bertz CT molecular complexity index is 299. The first kappa shape index (κ1) is 10.4. The van der Waals surface area contributed by atoms with Crippen molar-refractivity contribution in [2.24, 2.45) is 0 Å². The molecule has 0 saturated heterocycles. The zero-order valence-corrected chi connectivity index (χ0v) is 9.73. The summed E-state index contributed by atoms with van der Waals surface area (Å²) in [5.41, 5.74) is 4.26. The summed E-state index contributed by atoms with van der Waals surface area (Å²) in [4.78, 5) is 0. The molecule has 13 heavy (non-hydrogen) atoms. The minimum Gasteiger partial charge on any atom is -0.496 e. The maximum atomic E-state index is 5.22. The molecule has 0 spiro atoms. The number of methoxy groups -OCH3 is 1. The highest BCUT2D eigenvalue weighted by atomic mass is 79.9. The molecule has 0 saturated carbocycles. The fourth-order valence-electron chi connectivity index (χ4n) is 1.27. The molecule has 0 aliphatic rings. The first-order valence-corrected chi connectivity index (χ1v) is 5.26. The lowest BCUT2D eigenvalue weighted by Crippen LogP contribution is -1.98. The molecule has 1 N–H and O–H groups in total. The van der Waals surface area contributed by atoms with Gasteiger partial charge in [0.1, 0.15) is 5.75 Å². The van der Waals surface area contributed by atoms with E-state index >= 15 is 0 Å². The van der Waals surface area contributed by atoms with Crippen molar-refractivity contribution < 1.29 is 4.74 Å². The summed E-state index contributed by atoms with van der Waals surface area (Å²) in [7, 11) is 1.69. The first-order valence-electron chi connectivity index (χ1n) is 4.14. The Balaban J connectivity index is 3.05. The number of hydrogen-bond acceptors (Lipinski definition) is 2. The molecule has 72 valence electrons. The summed E-state index contributed by atoms with van der Waals surface area (Å²) in [5.74, 6) is 0.942. The van der Waals surface area contributed by atoms with Crippen LogP contribution in [0.25, 0.3) is 0 Å². The molecule has 0 radical (unpaired) electrons. The minimum absolute atomic E-state index is 0.764. The van der Waals surface area contributed by atoms with Crippen molar-refractivity contribution in [2.75, 3.05) is 17.9 Å². The molecule has 0 heterocycles. The SMILES string of the molecule is COc1cc(C)c(NCBr)cc1C. The zero-order valence-electron chi connectivity index (χ0n) is 8.15. The van der Waals surface area contributed by atoms with Gasteiger partial charge in [0.05, 0.1) is 12.6 Å². The summed E-state index contributed by atoms with van der Waals surface area (Å²) in [6, 6.07) is 4.13. The van der Waals surface area contributed by atoms with E-state index in [1.807, 2.05) is 13.0 Å². The van der Waals surface area contributed by atoms with Gasteiger partial charge in [-0.25, -0.2) is 0 Å². The van der Waals surface area contributed by atoms with Crippen LogP contribution in [0.2, 0.25) is 0 Å². The maximum Gasteiger partial charge on any atom is 0.122 e. The van der Waals surface area contributed by atoms with Crippen LogP contribution in [0.4, 0.5) is 5.69 Å². The fraction of sp³-hybridized carbons (Fsp3) is 0.400. The molecule has 0 bridgehead atoms. The second-order valence-electron chi connectivity index (χ2n) is 2.95. The molecular weight excluding hydrogens is 230 g/mol. The largest absolute Gasteiger partial charge is 0.496 e. The van der Waals surface area contributed by atoms with E-state index in [0.717, 1.165) is 22.5 Å². The van der Waals surface area contributed by atoms with Gasteiger partial charge in [-0.15, -0.1) is 0 Å². The molecule has 0 fully saturated rings. The Labute approximate surface area is 87.4 Å². The van der Waals surface area contributed by atoms with Gasteiger partial charge < -0.3 is 10.1 Å². The third-order valence-electron chi connectivity index (χ3n) is 2.00. The summed E-state index contributed by atoms with van der Waals surface area (Å²) in [6.45, 7) is 4.10. The van der Waals surface area contributed by atoms with E-state index in [2.05, 4.69) is 34.2 Å². The number of anilines is 1. The molecule has 0 aliphatic heterocycles. The number of aryl methyl sites for hydroxylation is 2. The van der Waals surface area contributed by atoms with Gasteiger partial charge in [-0.2, -0.15) is 0 Å². The number of halogens is 1. The molecule has 1 aromatic rings. The van der Waals surface area contributed by atoms with E-state index in [-0.39, 0.29) is 0 Å². The Hall–Kier alpha value is -0.700. The van der Waals surface area contributed by atoms with E-state index in [0.29, 0.717) is 0 Å². The van der Waals surface area contributed by atoms with Crippen LogP contribution < -0.4 is 10.1 Å². The molecular formula is C10H14BrNO. The van der Waals surface area contributed by atoms with E-state index in [1.165, 1.54) is 5.56 Å². The predicted molar refractivity (Wildman–Crippen MR) is 59.9 cm³/mol. The van der Waals surface area contributed by atoms with E-state index < -0.39 is 0 Å². The normalized spacial score (nSPS) is 9.85. The molecule has 0 aromatic heterocycles. The van der Waals surface area contributed by atoms with Crippen LogP contribution in [0, 0.1) is 13.8 Å². The van der Waals surface area contributed by atoms with Gasteiger partial charge >= 0.3 is 0 Å².